The van der Waals surface area contributed by atoms with Crippen LogP contribution in [0, 0.1) is 23.2 Å². The van der Waals surface area contributed by atoms with Crippen molar-refractivity contribution in [2.24, 2.45) is 11.8 Å². The molecule has 2 fully saturated rings. The molecule has 0 aromatic heterocycles. The first-order valence-corrected chi connectivity index (χ1v) is 9.05. The number of carbonyl (C=O) groups is 1. The zero-order chi connectivity index (χ0) is 15.9. The molecule has 22 heavy (non-hydrogen) atoms. The van der Waals surface area contributed by atoms with E-state index in [1.165, 1.54) is 44.9 Å². The molecule has 2 aliphatic rings. The number of carbonyl (C=O) groups excluding carboxylic acids is 1. The Hall–Kier alpha value is -1.08. The zero-order valence-electron chi connectivity index (χ0n) is 14.3. The second-order valence-electron chi connectivity index (χ2n) is 7.13. The van der Waals surface area contributed by atoms with Crippen LogP contribution in [0.15, 0.2) is 0 Å². The van der Waals surface area contributed by atoms with Crippen LogP contribution in [0.1, 0.15) is 58.8 Å². The van der Waals surface area contributed by atoms with Gasteiger partial charge < -0.3 is 4.90 Å². The Bertz CT molecular complexity index is 394. The summed E-state index contributed by atoms with van der Waals surface area (Å²) in [7, 11) is 0. The summed E-state index contributed by atoms with van der Waals surface area (Å²) in [5, 5.41) is 8.96. The third-order valence-corrected chi connectivity index (χ3v) is 5.07. The van der Waals surface area contributed by atoms with Crippen LogP contribution in [-0.2, 0) is 4.79 Å². The van der Waals surface area contributed by atoms with E-state index in [2.05, 4.69) is 11.0 Å². The quantitative estimate of drug-likeness (QED) is 0.692. The predicted molar refractivity (Wildman–Crippen MR) is 88.2 cm³/mol. The first kappa shape index (κ1) is 17.3. The number of hydrogen-bond donors (Lipinski definition) is 0. The molecule has 0 aromatic rings. The van der Waals surface area contributed by atoms with Gasteiger partial charge in [-0.05, 0) is 45.4 Å². The molecule has 2 saturated carbocycles. The van der Waals surface area contributed by atoms with Crippen molar-refractivity contribution in [2.45, 2.75) is 64.8 Å². The molecule has 0 aromatic carbocycles. The number of nitriles is 1. The van der Waals surface area contributed by atoms with Crippen molar-refractivity contribution in [1.29, 1.82) is 5.26 Å². The van der Waals surface area contributed by atoms with Gasteiger partial charge in [-0.2, -0.15) is 5.26 Å². The van der Waals surface area contributed by atoms with Crippen molar-refractivity contribution in [3.8, 4) is 6.07 Å². The van der Waals surface area contributed by atoms with Gasteiger partial charge in [0.1, 0.15) is 0 Å². The van der Waals surface area contributed by atoms with E-state index >= 15 is 0 Å². The lowest BCUT2D eigenvalue weighted by atomic mass is 9.89. The van der Waals surface area contributed by atoms with Crippen LogP contribution >= 0.6 is 0 Å². The number of amides is 1. The lowest BCUT2D eigenvalue weighted by Crippen LogP contribution is -2.44. The molecule has 1 unspecified atom stereocenters. The second kappa shape index (κ2) is 8.53. The van der Waals surface area contributed by atoms with Crippen LogP contribution in [0.2, 0.25) is 0 Å². The molecule has 124 valence electrons. The minimum atomic E-state index is -0.0865. The van der Waals surface area contributed by atoms with E-state index in [4.69, 9.17) is 5.26 Å². The molecule has 2 aliphatic carbocycles. The summed E-state index contributed by atoms with van der Waals surface area (Å²) in [5.41, 5.74) is 0. The average Bonchev–Trinajstić information content (AvgIpc) is 3.37. The number of hydrogen-bond acceptors (Lipinski definition) is 3. The van der Waals surface area contributed by atoms with Crippen molar-refractivity contribution >= 4 is 5.91 Å². The van der Waals surface area contributed by atoms with Gasteiger partial charge >= 0.3 is 0 Å². The molecule has 0 saturated heterocycles. The third-order valence-electron chi connectivity index (χ3n) is 5.07. The molecule has 0 bridgehead atoms. The Morgan fingerprint density at radius 1 is 1.23 bits per heavy atom. The Morgan fingerprint density at radius 3 is 2.45 bits per heavy atom. The molecule has 0 N–H and O–H groups in total. The highest BCUT2D eigenvalue weighted by atomic mass is 16.2. The molecule has 0 radical (unpaired) electrons. The monoisotopic (exact) mass is 305 g/mol. The molecule has 2 rings (SSSR count). The standard InChI is InChI=1S/C18H31N3O/c1-3-20(12-15(2)11-19)18(22)14-21(17-9-10-17)13-16-7-5-4-6-8-16/h15-17H,3-10,12-14H2,1-2H3. The topological polar surface area (TPSA) is 47.3 Å². The van der Waals surface area contributed by atoms with Crippen molar-refractivity contribution in [3.63, 3.8) is 0 Å². The Labute approximate surface area is 135 Å². The fraction of sp³-hybridized carbons (Fsp3) is 0.889. The van der Waals surface area contributed by atoms with E-state index in [0.29, 0.717) is 25.7 Å². The van der Waals surface area contributed by atoms with Crippen molar-refractivity contribution in [1.82, 2.24) is 9.80 Å². The number of rotatable bonds is 8. The van der Waals surface area contributed by atoms with Gasteiger partial charge in [0, 0.05) is 25.7 Å². The second-order valence-corrected chi connectivity index (χ2v) is 7.13. The predicted octanol–water partition coefficient (Wildman–Crippen LogP) is 3.04. The maximum absolute atomic E-state index is 12.6. The van der Waals surface area contributed by atoms with Crippen LogP contribution < -0.4 is 0 Å². The van der Waals surface area contributed by atoms with E-state index in [0.717, 1.165) is 12.5 Å². The van der Waals surface area contributed by atoms with Gasteiger partial charge in [-0.1, -0.05) is 19.3 Å². The van der Waals surface area contributed by atoms with Crippen LogP contribution in [0.5, 0.6) is 0 Å². The van der Waals surface area contributed by atoms with E-state index in [-0.39, 0.29) is 11.8 Å². The molecule has 4 nitrogen and oxygen atoms in total. The zero-order valence-corrected chi connectivity index (χ0v) is 14.3. The highest BCUT2D eigenvalue weighted by molar-refractivity contribution is 5.78. The Kier molecular flexibility index (Phi) is 6.70. The SMILES string of the molecule is CCN(CC(C)C#N)C(=O)CN(CC1CCCCC1)C1CC1. The van der Waals surface area contributed by atoms with Crippen LogP contribution in [-0.4, -0.2) is 47.9 Å². The van der Waals surface area contributed by atoms with E-state index in [1.54, 1.807) is 0 Å². The molecule has 1 amide bonds. The van der Waals surface area contributed by atoms with E-state index in [9.17, 15) is 4.79 Å². The van der Waals surface area contributed by atoms with Crippen LogP contribution in [0.25, 0.3) is 0 Å². The van der Waals surface area contributed by atoms with Gasteiger partial charge in [-0.3, -0.25) is 9.69 Å². The first-order chi connectivity index (χ1) is 10.6. The van der Waals surface area contributed by atoms with Crippen molar-refractivity contribution in [3.05, 3.63) is 0 Å². The maximum Gasteiger partial charge on any atom is 0.236 e. The number of nitrogens with zero attached hydrogens (tertiary/aromatic N) is 3. The van der Waals surface area contributed by atoms with Gasteiger partial charge in [0.25, 0.3) is 0 Å². The summed E-state index contributed by atoms with van der Waals surface area (Å²) in [5.74, 6) is 0.902. The molecule has 4 heteroatoms. The third kappa shape index (κ3) is 5.28. The highest BCUT2D eigenvalue weighted by Crippen LogP contribution is 2.31. The minimum absolute atomic E-state index is 0.0865. The van der Waals surface area contributed by atoms with E-state index < -0.39 is 0 Å². The smallest absolute Gasteiger partial charge is 0.236 e. The maximum atomic E-state index is 12.6. The average molecular weight is 305 g/mol. The van der Waals surface area contributed by atoms with Gasteiger partial charge in [0.15, 0.2) is 0 Å². The normalized spacial score (nSPS) is 20.6. The van der Waals surface area contributed by atoms with Gasteiger partial charge in [-0.15, -0.1) is 0 Å². The van der Waals surface area contributed by atoms with Crippen LogP contribution in [0.3, 0.4) is 0 Å². The largest absolute Gasteiger partial charge is 0.341 e. The van der Waals surface area contributed by atoms with Gasteiger partial charge in [-0.25, -0.2) is 0 Å². The lowest BCUT2D eigenvalue weighted by molar-refractivity contribution is -0.133. The summed E-state index contributed by atoms with van der Waals surface area (Å²) >= 11 is 0. The summed E-state index contributed by atoms with van der Waals surface area (Å²) in [4.78, 5) is 16.9. The minimum Gasteiger partial charge on any atom is -0.341 e. The first-order valence-electron chi connectivity index (χ1n) is 9.05. The van der Waals surface area contributed by atoms with Gasteiger partial charge in [0.2, 0.25) is 5.91 Å². The van der Waals surface area contributed by atoms with Gasteiger partial charge in [0.05, 0.1) is 18.5 Å². The molecular formula is C18H31N3O. The fourth-order valence-electron chi connectivity index (χ4n) is 3.54. The summed E-state index contributed by atoms with van der Waals surface area (Å²) in [6, 6.07) is 2.87. The number of likely N-dealkylation sites (N-methyl/N-ethyl adjacent to an activating group) is 1. The van der Waals surface area contributed by atoms with E-state index in [1.807, 2.05) is 18.7 Å². The molecule has 0 spiro atoms. The molecule has 1 atom stereocenters. The summed E-state index contributed by atoms with van der Waals surface area (Å²) in [6.07, 6.45) is 9.27. The molecule has 0 heterocycles. The Balaban J connectivity index is 1.86. The lowest BCUT2D eigenvalue weighted by Gasteiger charge is -2.31. The van der Waals surface area contributed by atoms with Crippen molar-refractivity contribution < 1.29 is 4.79 Å². The fourth-order valence-corrected chi connectivity index (χ4v) is 3.54. The Morgan fingerprint density at radius 2 is 1.91 bits per heavy atom. The summed E-state index contributed by atoms with van der Waals surface area (Å²) < 4.78 is 0. The molecular weight excluding hydrogens is 274 g/mol. The van der Waals surface area contributed by atoms with Crippen LogP contribution in [0.4, 0.5) is 0 Å². The van der Waals surface area contributed by atoms with Crippen molar-refractivity contribution in [2.75, 3.05) is 26.2 Å². The highest BCUT2D eigenvalue weighted by Gasteiger charge is 2.33. The molecule has 0 aliphatic heterocycles. The summed E-state index contributed by atoms with van der Waals surface area (Å²) in [6.45, 7) is 6.80.